The van der Waals surface area contributed by atoms with Gasteiger partial charge in [0.2, 0.25) is 0 Å². The minimum Gasteiger partial charge on any atom is -0.271 e. The smallest absolute Gasteiger partial charge is 0.194 e. The Kier molecular flexibility index (Phi) is 3.69. The summed E-state index contributed by atoms with van der Waals surface area (Å²) in [5.74, 6) is 2.09. The highest BCUT2D eigenvalue weighted by Crippen LogP contribution is 2.35. The van der Waals surface area contributed by atoms with Crippen molar-refractivity contribution < 1.29 is 13.2 Å². The van der Waals surface area contributed by atoms with Gasteiger partial charge in [0.25, 0.3) is 0 Å². The predicted molar refractivity (Wildman–Crippen MR) is 58.3 cm³/mol. The molecular formula is C12H15F3N2. The van der Waals surface area contributed by atoms with Gasteiger partial charge in [-0.05, 0) is 18.4 Å². The van der Waals surface area contributed by atoms with Crippen LogP contribution in [0, 0.1) is 23.4 Å². The van der Waals surface area contributed by atoms with Gasteiger partial charge in [0.05, 0.1) is 0 Å². The SMILES string of the molecule is NNC(CC1CCC1)c1ccc(F)c(F)c1F. The predicted octanol–water partition coefficient (Wildman–Crippen LogP) is 2.80. The third-order valence-electron chi connectivity index (χ3n) is 3.44. The fraction of sp³-hybridized carbons (Fsp3) is 0.500. The van der Waals surface area contributed by atoms with E-state index < -0.39 is 23.5 Å². The van der Waals surface area contributed by atoms with Crippen LogP contribution in [0.25, 0.3) is 0 Å². The maximum Gasteiger partial charge on any atom is 0.194 e. The van der Waals surface area contributed by atoms with Gasteiger partial charge < -0.3 is 0 Å². The molecule has 0 spiro atoms. The molecule has 17 heavy (non-hydrogen) atoms. The molecule has 1 unspecified atom stereocenters. The maximum absolute atomic E-state index is 13.6. The minimum absolute atomic E-state index is 0.0956. The first kappa shape index (κ1) is 12.4. The number of benzene rings is 1. The van der Waals surface area contributed by atoms with Crippen molar-refractivity contribution in [3.63, 3.8) is 0 Å². The molecule has 0 saturated heterocycles. The minimum atomic E-state index is -1.43. The molecule has 1 saturated carbocycles. The number of hydrogen-bond acceptors (Lipinski definition) is 2. The van der Waals surface area contributed by atoms with E-state index in [0.717, 1.165) is 18.9 Å². The Bertz CT molecular complexity index is 405. The summed E-state index contributed by atoms with van der Waals surface area (Å²) in [5, 5.41) is 0. The molecule has 0 aliphatic heterocycles. The zero-order chi connectivity index (χ0) is 12.4. The van der Waals surface area contributed by atoms with E-state index in [9.17, 15) is 13.2 Å². The molecule has 1 aromatic rings. The van der Waals surface area contributed by atoms with E-state index in [2.05, 4.69) is 5.43 Å². The largest absolute Gasteiger partial charge is 0.271 e. The number of rotatable bonds is 4. The average molecular weight is 244 g/mol. The Morgan fingerprint density at radius 1 is 1.24 bits per heavy atom. The zero-order valence-electron chi connectivity index (χ0n) is 9.35. The van der Waals surface area contributed by atoms with Gasteiger partial charge in [0.1, 0.15) is 0 Å². The monoisotopic (exact) mass is 244 g/mol. The van der Waals surface area contributed by atoms with Crippen LogP contribution in [0.15, 0.2) is 12.1 Å². The summed E-state index contributed by atoms with van der Waals surface area (Å²) in [6.45, 7) is 0. The van der Waals surface area contributed by atoms with Crippen LogP contribution in [0.2, 0.25) is 0 Å². The lowest BCUT2D eigenvalue weighted by atomic mass is 9.79. The molecule has 1 fully saturated rings. The molecule has 1 aliphatic rings. The molecule has 94 valence electrons. The van der Waals surface area contributed by atoms with Crippen molar-refractivity contribution in [2.24, 2.45) is 11.8 Å². The lowest BCUT2D eigenvalue weighted by molar-refractivity contribution is 0.258. The molecule has 0 amide bonds. The summed E-state index contributed by atoms with van der Waals surface area (Å²) in [6.07, 6.45) is 3.99. The van der Waals surface area contributed by atoms with Crippen LogP contribution in [0.3, 0.4) is 0 Å². The fourth-order valence-corrected chi connectivity index (χ4v) is 2.16. The first-order valence-electron chi connectivity index (χ1n) is 5.73. The lowest BCUT2D eigenvalue weighted by Crippen LogP contribution is -2.32. The van der Waals surface area contributed by atoms with Gasteiger partial charge in [0.15, 0.2) is 17.5 Å². The van der Waals surface area contributed by atoms with Gasteiger partial charge in [0, 0.05) is 11.6 Å². The number of nitrogens with two attached hydrogens (primary N) is 1. The molecule has 3 N–H and O–H groups in total. The van der Waals surface area contributed by atoms with E-state index in [0.29, 0.717) is 12.3 Å². The summed E-state index contributed by atoms with van der Waals surface area (Å²) < 4.78 is 39.5. The van der Waals surface area contributed by atoms with E-state index in [-0.39, 0.29) is 5.56 Å². The summed E-state index contributed by atoms with van der Waals surface area (Å²) in [5.41, 5.74) is 2.57. The average Bonchev–Trinajstić information content (AvgIpc) is 2.27. The lowest BCUT2D eigenvalue weighted by Gasteiger charge is -2.29. The van der Waals surface area contributed by atoms with Crippen molar-refractivity contribution in [3.05, 3.63) is 35.1 Å². The first-order valence-corrected chi connectivity index (χ1v) is 5.73. The Morgan fingerprint density at radius 3 is 2.47 bits per heavy atom. The number of hydrogen-bond donors (Lipinski definition) is 2. The Labute approximate surface area is 98.0 Å². The van der Waals surface area contributed by atoms with Gasteiger partial charge in [-0.25, -0.2) is 13.2 Å². The van der Waals surface area contributed by atoms with Crippen molar-refractivity contribution >= 4 is 0 Å². The van der Waals surface area contributed by atoms with Crippen LogP contribution in [0.5, 0.6) is 0 Å². The maximum atomic E-state index is 13.6. The third kappa shape index (κ3) is 2.45. The highest BCUT2D eigenvalue weighted by Gasteiger charge is 2.25. The first-order chi connectivity index (χ1) is 8.13. The summed E-state index contributed by atoms with van der Waals surface area (Å²) in [7, 11) is 0. The van der Waals surface area contributed by atoms with E-state index in [1.165, 1.54) is 12.5 Å². The number of nitrogens with one attached hydrogen (secondary N) is 1. The second kappa shape index (κ2) is 5.06. The quantitative estimate of drug-likeness (QED) is 0.485. The van der Waals surface area contributed by atoms with Gasteiger partial charge in [-0.15, -0.1) is 0 Å². The molecule has 1 atom stereocenters. The van der Waals surface area contributed by atoms with Crippen LogP contribution in [-0.2, 0) is 0 Å². The van der Waals surface area contributed by atoms with Crippen LogP contribution < -0.4 is 11.3 Å². The molecule has 0 aromatic heterocycles. The summed E-state index contributed by atoms with van der Waals surface area (Å²) in [6, 6.07) is 1.71. The third-order valence-corrected chi connectivity index (χ3v) is 3.44. The van der Waals surface area contributed by atoms with Crippen molar-refractivity contribution in [3.8, 4) is 0 Å². The standard InChI is InChI=1S/C12H15F3N2/c13-9-5-4-8(11(14)12(9)15)10(17-16)6-7-2-1-3-7/h4-5,7,10,17H,1-3,6,16H2. The topological polar surface area (TPSA) is 38.0 Å². The van der Waals surface area contributed by atoms with E-state index >= 15 is 0 Å². The van der Waals surface area contributed by atoms with Crippen LogP contribution in [-0.4, -0.2) is 0 Å². The van der Waals surface area contributed by atoms with Crippen molar-refractivity contribution in [2.45, 2.75) is 31.7 Å². The molecule has 0 bridgehead atoms. The Morgan fingerprint density at radius 2 is 1.94 bits per heavy atom. The zero-order valence-corrected chi connectivity index (χ0v) is 9.35. The molecule has 5 heteroatoms. The Balaban J connectivity index is 2.20. The highest BCUT2D eigenvalue weighted by molar-refractivity contribution is 5.23. The molecule has 1 aromatic carbocycles. The van der Waals surface area contributed by atoms with Crippen molar-refractivity contribution in [1.29, 1.82) is 0 Å². The van der Waals surface area contributed by atoms with Gasteiger partial charge in [-0.3, -0.25) is 11.3 Å². The summed E-state index contributed by atoms with van der Waals surface area (Å²) >= 11 is 0. The second-order valence-electron chi connectivity index (χ2n) is 4.52. The van der Waals surface area contributed by atoms with Crippen LogP contribution >= 0.6 is 0 Å². The second-order valence-corrected chi connectivity index (χ2v) is 4.52. The van der Waals surface area contributed by atoms with Gasteiger partial charge in [-0.1, -0.05) is 25.3 Å². The van der Waals surface area contributed by atoms with Gasteiger partial charge >= 0.3 is 0 Å². The molecule has 0 heterocycles. The molecule has 2 nitrogen and oxygen atoms in total. The number of hydrazine groups is 1. The number of halogens is 3. The van der Waals surface area contributed by atoms with Crippen molar-refractivity contribution in [1.82, 2.24) is 5.43 Å². The van der Waals surface area contributed by atoms with Gasteiger partial charge in [-0.2, -0.15) is 0 Å². The molecule has 1 aliphatic carbocycles. The Hall–Kier alpha value is -1.07. The van der Waals surface area contributed by atoms with E-state index in [1.807, 2.05) is 0 Å². The highest BCUT2D eigenvalue weighted by atomic mass is 19.2. The van der Waals surface area contributed by atoms with Crippen LogP contribution in [0.4, 0.5) is 13.2 Å². The van der Waals surface area contributed by atoms with Crippen LogP contribution in [0.1, 0.15) is 37.3 Å². The summed E-state index contributed by atoms with van der Waals surface area (Å²) in [4.78, 5) is 0. The molecular weight excluding hydrogens is 229 g/mol. The normalized spacial score (nSPS) is 17.9. The van der Waals surface area contributed by atoms with E-state index in [4.69, 9.17) is 5.84 Å². The van der Waals surface area contributed by atoms with E-state index in [1.54, 1.807) is 0 Å². The molecule has 0 radical (unpaired) electrons. The van der Waals surface area contributed by atoms with Crippen molar-refractivity contribution in [2.75, 3.05) is 0 Å². The fourth-order valence-electron chi connectivity index (χ4n) is 2.16. The molecule has 2 rings (SSSR count).